The lowest BCUT2D eigenvalue weighted by atomic mass is 9.84. The van der Waals surface area contributed by atoms with Gasteiger partial charge in [-0.3, -0.25) is 4.79 Å². The zero-order valence-electron chi connectivity index (χ0n) is 20.5. The number of carbonyl (C=O) groups is 1. The van der Waals surface area contributed by atoms with Gasteiger partial charge in [0.2, 0.25) is 5.90 Å². The molecule has 3 aromatic rings. The van der Waals surface area contributed by atoms with E-state index in [1.807, 2.05) is 48.5 Å². The molecule has 6 nitrogen and oxygen atoms in total. The highest BCUT2D eigenvalue weighted by molar-refractivity contribution is 9.10. The molecule has 4 rings (SSSR count). The molecule has 198 valence electrons. The molecule has 3 aromatic carbocycles. The monoisotopic (exact) mass is 616 g/mol. The Morgan fingerprint density at radius 3 is 2.55 bits per heavy atom. The van der Waals surface area contributed by atoms with Crippen LogP contribution in [0.1, 0.15) is 35.6 Å². The van der Waals surface area contributed by atoms with Crippen molar-refractivity contribution >= 4 is 50.9 Å². The topological polar surface area (TPSA) is 80.2 Å². The van der Waals surface area contributed by atoms with Gasteiger partial charge in [-0.25, -0.2) is 4.99 Å². The minimum Gasteiger partial charge on any atom is -0.494 e. The van der Waals surface area contributed by atoms with Crippen molar-refractivity contribution in [2.75, 3.05) is 13.2 Å². The summed E-state index contributed by atoms with van der Waals surface area (Å²) >= 11 is 15.8. The molecule has 9 heteroatoms. The summed E-state index contributed by atoms with van der Waals surface area (Å²) in [5.41, 5.74) is 0.955. The molecule has 2 N–H and O–H groups in total. The molecule has 2 atom stereocenters. The van der Waals surface area contributed by atoms with Crippen LogP contribution in [0.3, 0.4) is 0 Å². The number of rotatable bonds is 11. The molecule has 38 heavy (non-hydrogen) atoms. The summed E-state index contributed by atoms with van der Waals surface area (Å²) in [5, 5.41) is 12.9. The van der Waals surface area contributed by atoms with E-state index in [2.05, 4.69) is 27.8 Å². The Hall–Kier alpha value is -2.84. The highest BCUT2D eigenvalue weighted by Crippen LogP contribution is 2.43. The normalized spacial score (nSPS) is 18.4. The molecule has 1 aliphatic rings. The van der Waals surface area contributed by atoms with Crippen LogP contribution in [0.4, 0.5) is 0 Å². The number of hydrogen-bond donors (Lipinski definition) is 2. The molecule has 1 heterocycles. The second kappa shape index (κ2) is 12.8. The Morgan fingerprint density at radius 1 is 1.16 bits per heavy atom. The van der Waals surface area contributed by atoms with E-state index in [9.17, 15) is 4.79 Å². The second-order valence-electron chi connectivity index (χ2n) is 8.75. The van der Waals surface area contributed by atoms with E-state index in [0.717, 1.165) is 15.6 Å². The van der Waals surface area contributed by atoms with E-state index in [1.165, 1.54) is 0 Å². The summed E-state index contributed by atoms with van der Waals surface area (Å²) < 4.78 is 12.9. The van der Waals surface area contributed by atoms with Crippen LogP contribution in [-0.4, -0.2) is 35.7 Å². The highest BCUT2D eigenvalue weighted by Gasteiger charge is 2.52. The van der Waals surface area contributed by atoms with Gasteiger partial charge in [-0.05, 0) is 59.7 Å². The summed E-state index contributed by atoms with van der Waals surface area (Å²) in [5.74, 6) is 0.705. The number of hydrogen-bond acceptors (Lipinski definition) is 5. The maximum Gasteiger partial charge on any atom is 0.252 e. The maximum atomic E-state index is 13.9. The van der Waals surface area contributed by atoms with E-state index in [1.54, 1.807) is 24.3 Å². The molecule has 0 radical (unpaired) electrons. The van der Waals surface area contributed by atoms with Gasteiger partial charge >= 0.3 is 0 Å². The van der Waals surface area contributed by atoms with Crippen molar-refractivity contribution in [2.24, 2.45) is 4.99 Å². The second-order valence-corrected chi connectivity index (χ2v) is 10.5. The first-order valence-electron chi connectivity index (χ1n) is 12.1. The predicted octanol–water partition coefficient (Wildman–Crippen LogP) is 6.67. The maximum absolute atomic E-state index is 13.9. The molecular weight excluding hydrogens is 591 g/mol. The fourth-order valence-corrected chi connectivity index (χ4v) is 4.91. The quantitative estimate of drug-likeness (QED) is 0.186. The number of aliphatic hydroxyl groups excluding tert-OH is 1. The summed E-state index contributed by atoms with van der Waals surface area (Å²) in [6, 6.07) is 20.1. The molecular formula is C29H27BrCl2N2O4. The van der Waals surface area contributed by atoms with Gasteiger partial charge in [0.05, 0.1) is 6.61 Å². The third-order valence-corrected chi connectivity index (χ3v) is 7.23. The predicted molar refractivity (Wildman–Crippen MR) is 154 cm³/mol. The Balaban J connectivity index is 1.66. The first kappa shape index (κ1) is 28.2. The average molecular weight is 618 g/mol. The molecule has 0 saturated carbocycles. The summed E-state index contributed by atoms with van der Waals surface area (Å²) in [6.45, 7) is 4.58. The lowest BCUT2D eigenvalue weighted by Crippen LogP contribution is -2.47. The van der Waals surface area contributed by atoms with E-state index >= 15 is 0 Å². The molecule has 1 amide bonds. The van der Waals surface area contributed by atoms with Crippen molar-refractivity contribution < 1.29 is 19.4 Å². The van der Waals surface area contributed by atoms with Crippen molar-refractivity contribution in [1.82, 2.24) is 5.32 Å². The van der Waals surface area contributed by atoms with Crippen LogP contribution in [0.2, 0.25) is 10.0 Å². The number of aliphatic hydroxyl groups is 1. The minimum absolute atomic E-state index is 0.0673. The first-order chi connectivity index (χ1) is 18.4. The van der Waals surface area contributed by atoms with Gasteiger partial charge in [-0.1, -0.05) is 63.4 Å². The fraction of sp³-hybridized carbons (Fsp3) is 0.241. The molecule has 0 spiro atoms. The number of aliphatic imine (C=N–C) groups is 1. The van der Waals surface area contributed by atoms with E-state index in [4.69, 9.17) is 42.8 Å². The molecule has 0 saturated heterocycles. The third kappa shape index (κ3) is 6.41. The average Bonchev–Trinajstić information content (AvgIpc) is 3.30. The third-order valence-electron chi connectivity index (χ3n) is 6.11. The van der Waals surface area contributed by atoms with Crippen LogP contribution >= 0.6 is 39.1 Å². The SMILES string of the molecule is C=CC[C@@]1(C(=O)NCc2ccc(Cl)cc2Cl)N=C(c2ccc(OCCCO)cc2)O[C@@H]1c1ccc(Br)cc1. The Kier molecular flexibility index (Phi) is 9.49. The van der Waals surface area contributed by atoms with E-state index in [-0.39, 0.29) is 25.5 Å². The van der Waals surface area contributed by atoms with Gasteiger partial charge in [0, 0.05) is 46.1 Å². The van der Waals surface area contributed by atoms with Crippen LogP contribution in [0.5, 0.6) is 5.75 Å². The lowest BCUT2D eigenvalue weighted by Gasteiger charge is -2.29. The molecule has 0 aromatic heterocycles. The van der Waals surface area contributed by atoms with Crippen molar-refractivity contribution in [3.05, 3.63) is 111 Å². The largest absolute Gasteiger partial charge is 0.494 e. The van der Waals surface area contributed by atoms with Gasteiger partial charge in [0.1, 0.15) is 5.75 Å². The van der Waals surface area contributed by atoms with Gasteiger partial charge in [0.15, 0.2) is 11.6 Å². The highest BCUT2D eigenvalue weighted by atomic mass is 79.9. The number of ether oxygens (including phenoxy) is 2. The number of benzene rings is 3. The molecule has 1 aliphatic heterocycles. The van der Waals surface area contributed by atoms with E-state index < -0.39 is 11.6 Å². The summed E-state index contributed by atoms with van der Waals surface area (Å²) in [7, 11) is 0. The first-order valence-corrected chi connectivity index (χ1v) is 13.6. The molecule has 0 bridgehead atoms. The van der Waals surface area contributed by atoms with Crippen LogP contribution in [0, 0.1) is 0 Å². The summed E-state index contributed by atoms with van der Waals surface area (Å²) in [4.78, 5) is 18.8. The van der Waals surface area contributed by atoms with Crippen molar-refractivity contribution in [3.8, 4) is 5.75 Å². The van der Waals surface area contributed by atoms with Gasteiger partial charge in [0.25, 0.3) is 5.91 Å². The molecule has 0 aliphatic carbocycles. The standard InChI is InChI=1S/C29H27BrCl2N2O4/c1-2-14-29(28(36)33-18-21-6-11-23(31)17-25(21)32)26(19-4-9-22(30)10-5-19)38-27(34-29)20-7-12-24(13-8-20)37-16-3-15-35/h2,4-13,17,26,35H,1,3,14-16,18H2,(H,33,36)/t26-,29-/m1/s1. The molecule has 0 fully saturated rings. The number of nitrogens with zero attached hydrogens (tertiary/aromatic N) is 1. The Bertz CT molecular complexity index is 1320. The number of carbonyl (C=O) groups excluding carboxylic acids is 1. The smallest absolute Gasteiger partial charge is 0.252 e. The number of nitrogens with one attached hydrogen (secondary N) is 1. The van der Waals surface area contributed by atoms with Gasteiger partial charge in [-0.2, -0.15) is 0 Å². The van der Waals surface area contributed by atoms with Crippen LogP contribution < -0.4 is 10.1 Å². The Morgan fingerprint density at radius 2 is 1.89 bits per heavy atom. The minimum atomic E-state index is -1.29. The zero-order chi connectivity index (χ0) is 27.1. The summed E-state index contributed by atoms with van der Waals surface area (Å²) in [6.07, 6.45) is 1.78. The van der Waals surface area contributed by atoms with Gasteiger partial charge in [-0.15, -0.1) is 6.58 Å². The van der Waals surface area contributed by atoms with Crippen molar-refractivity contribution in [2.45, 2.75) is 31.0 Å². The zero-order valence-corrected chi connectivity index (χ0v) is 23.6. The van der Waals surface area contributed by atoms with Crippen molar-refractivity contribution in [3.63, 3.8) is 0 Å². The lowest BCUT2D eigenvalue weighted by molar-refractivity contribution is -0.129. The van der Waals surface area contributed by atoms with Gasteiger partial charge < -0.3 is 19.9 Å². The fourth-order valence-electron chi connectivity index (χ4n) is 4.17. The van der Waals surface area contributed by atoms with Crippen LogP contribution in [0.25, 0.3) is 0 Å². The molecule has 0 unspecified atom stereocenters. The number of halogens is 3. The van der Waals surface area contributed by atoms with E-state index in [0.29, 0.717) is 40.3 Å². The Labute approximate surface area is 240 Å². The van der Waals surface area contributed by atoms with Crippen molar-refractivity contribution in [1.29, 1.82) is 0 Å². The number of amides is 1. The van der Waals surface area contributed by atoms with Crippen LogP contribution in [0.15, 0.2) is 88.9 Å². The van der Waals surface area contributed by atoms with Crippen LogP contribution in [-0.2, 0) is 16.1 Å².